The van der Waals surface area contributed by atoms with Crippen molar-refractivity contribution in [1.82, 2.24) is 4.90 Å². The van der Waals surface area contributed by atoms with Crippen LogP contribution in [0.5, 0.6) is 0 Å². The minimum Gasteiger partial charge on any atom is -0.478 e. The van der Waals surface area contributed by atoms with Crippen LogP contribution in [-0.4, -0.2) is 47.5 Å². The van der Waals surface area contributed by atoms with Crippen LogP contribution in [-0.2, 0) is 16.0 Å². The molecule has 0 saturated heterocycles. The van der Waals surface area contributed by atoms with Gasteiger partial charge in [-0.2, -0.15) is 0 Å². The second-order valence-electron chi connectivity index (χ2n) is 4.99. The Hall–Kier alpha value is -2.63. The molecule has 1 aromatic carbocycles. The summed E-state index contributed by atoms with van der Waals surface area (Å²) >= 11 is 0. The topological polar surface area (TPSA) is 90.2 Å². The predicted octanol–water partition coefficient (Wildman–Crippen LogP) is 1.98. The van der Waals surface area contributed by atoms with Crippen molar-refractivity contribution in [2.75, 3.05) is 14.1 Å². The first-order valence-electron chi connectivity index (χ1n) is 6.81. The summed E-state index contributed by atoms with van der Waals surface area (Å²) in [4.78, 5) is 25.7. The van der Waals surface area contributed by atoms with Crippen LogP contribution < -0.4 is 0 Å². The molecule has 1 unspecified atom stereocenters. The highest BCUT2D eigenvalue weighted by atomic mass is 16.4. The lowest BCUT2D eigenvalue weighted by Gasteiger charge is -2.08. The maximum atomic E-state index is 9.55. The van der Waals surface area contributed by atoms with Crippen molar-refractivity contribution < 1.29 is 19.8 Å². The van der Waals surface area contributed by atoms with Crippen molar-refractivity contribution >= 4 is 18.3 Å². The van der Waals surface area contributed by atoms with E-state index in [1.54, 1.807) is 0 Å². The normalized spacial score (nSPS) is 16.2. The van der Waals surface area contributed by atoms with E-state index in [-0.39, 0.29) is 0 Å². The van der Waals surface area contributed by atoms with Crippen LogP contribution in [0.4, 0.5) is 0 Å². The predicted molar refractivity (Wildman–Crippen MR) is 84.1 cm³/mol. The summed E-state index contributed by atoms with van der Waals surface area (Å²) in [6.45, 7) is 0. The van der Waals surface area contributed by atoms with Gasteiger partial charge in [0.25, 0.3) is 0 Å². The van der Waals surface area contributed by atoms with Crippen LogP contribution >= 0.6 is 0 Å². The number of aliphatic imine (C=N–C) groups is 1. The lowest BCUT2D eigenvalue weighted by atomic mass is 10.1. The SMILES string of the molecule is CN(C)C=NC1CCc2ccccc21.O=C(O)/C=C/C(=O)O. The number of hydrogen-bond donors (Lipinski definition) is 2. The summed E-state index contributed by atoms with van der Waals surface area (Å²) in [6, 6.07) is 8.99. The lowest BCUT2D eigenvalue weighted by Crippen LogP contribution is -2.08. The number of fused-ring (bicyclic) bond motifs is 1. The van der Waals surface area contributed by atoms with Gasteiger partial charge in [-0.3, -0.25) is 4.99 Å². The smallest absolute Gasteiger partial charge is 0.328 e. The largest absolute Gasteiger partial charge is 0.478 e. The van der Waals surface area contributed by atoms with Gasteiger partial charge in [-0.15, -0.1) is 0 Å². The van der Waals surface area contributed by atoms with E-state index < -0.39 is 11.9 Å². The summed E-state index contributed by atoms with van der Waals surface area (Å²) in [5.74, 6) is -2.51. The average molecular weight is 304 g/mol. The van der Waals surface area contributed by atoms with E-state index in [0.29, 0.717) is 18.2 Å². The molecule has 2 rings (SSSR count). The molecule has 6 heteroatoms. The van der Waals surface area contributed by atoms with Gasteiger partial charge in [-0.1, -0.05) is 24.3 Å². The summed E-state index contributed by atoms with van der Waals surface area (Å²) in [5, 5.41) is 15.6. The van der Waals surface area contributed by atoms with Crippen LogP contribution in [0.25, 0.3) is 0 Å². The third-order valence-electron chi connectivity index (χ3n) is 2.95. The summed E-state index contributed by atoms with van der Waals surface area (Å²) in [7, 11) is 4.01. The molecule has 1 aliphatic rings. The van der Waals surface area contributed by atoms with Crippen molar-refractivity contribution in [3.05, 3.63) is 47.5 Å². The number of carboxylic acid groups (broad SMARTS) is 2. The van der Waals surface area contributed by atoms with Crippen LogP contribution in [0.1, 0.15) is 23.6 Å². The first kappa shape index (κ1) is 17.4. The molecule has 22 heavy (non-hydrogen) atoms. The van der Waals surface area contributed by atoms with E-state index in [9.17, 15) is 9.59 Å². The zero-order valence-electron chi connectivity index (χ0n) is 12.6. The maximum absolute atomic E-state index is 9.55. The van der Waals surface area contributed by atoms with Gasteiger partial charge in [-0.25, -0.2) is 9.59 Å². The van der Waals surface area contributed by atoms with Crippen LogP contribution in [0, 0.1) is 0 Å². The molecular weight excluding hydrogens is 284 g/mol. The number of hydrogen-bond acceptors (Lipinski definition) is 3. The van der Waals surface area contributed by atoms with Crippen LogP contribution in [0.15, 0.2) is 41.4 Å². The minimum atomic E-state index is -1.26. The number of aliphatic carboxylic acids is 2. The number of carboxylic acids is 2. The first-order chi connectivity index (χ1) is 10.4. The van der Waals surface area contributed by atoms with Crippen LogP contribution in [0.3, 0.4) is 0 Å². The molecule has 0 fully saturated rings. The lowest BCUT2D eigenvalue weighted by molar-refractivity contribution is -0.134. The number of aryl methyl sites for hydroxylation is 1. The molecule has 118 valence electrons. The monoisotopic (exact) mass is 304 g/mol. The molecule has 1 aliphatic carbocycles. The van der Waals surface area contributed by atoms with E-state index >= 15 is 0 Å². The molecular formula is C16H20N2O4. The molecule has 0 aliphatic heterocycles. The van der Waals surface area contributed by atoms with Gasteiger partial charge in [-0.05, 0) is 24.0 Å². The van der Waals surface area contributed by atoms with Crippen molar-refractivity contribution in [3.8, 4) is 0 Å². The van der Waals surface area contributed by atoms with E-state index in [1.165, 1.54) is 17.5 Å². The molecule has 0 spiro atoms. The highest BCUT2D eigenvalue weighted by Crippen LogP contribution is 2.33. The van der Waals surface area contributed by atoms with E-state index in [4.69, 9.17) is 10.2 Å². The molecule has 1 aromatic rings. The average Bonchev–Trinajstić information content (AvgIpc) is 2.87. The third kappa shape index (κ3) is 6.21. The fourth-order valence-electron chi connectivity index (χ4n) is 2.05. The molecule has 0 saturated carbocycles. The van der Waals surface area contributed by atoms with Crippen molar-refractivity contribution in [2.45, 2.75) is 18.9 Å². The Morgan fingerprint density at radius 2 is 1.77 bits per heavy atom. The van der Waals surface area contributed by atoms with Crippen LogP contribution in [0.2, 0.25) is 0 Å². The molecule has 1 atom stereocenters. The Morgan fingerprint density at radius 1 is 1.18 bits per heavy atom. The van der Waals surface area contributed by atoms with Crippen molar-refractivity contribution in [2.24, 2.45) is 4.99 Å². The highest BCUT2D eigenvalue weighted by Gasteiger charge is 2.20. The minimum absolute atomic E-state index is 0.383. The fraction of sp³-hybridized carbons (Fsp3) is 0.312. The maximum Gasteiger partial charge on any atom is 0.328 e. The molecule has 0 aromatic heterocycles. The number of nitrogens with zero attached hydrogens (tertiary/aromatic N) is 2. The quantitative estimate of drug-likeness (QED) is 0.504. The summed E-state index contributed by atoms with van der Waals surface area (Å²) in [5.41, 5.74) is 2.87. The number of rotatable bonds is 4. The molecule has 0 bridgehead atoms. The molecule has 0 heterocycles. The first-order valence-corrected chi connectivity index (χ1v) is 6.81. The summed E-state index contributed by atoms with van der Waals surface area (Å²) < 4.78 is 0. The Labute approximate surface area is 129 Å². The Balaban J connectivity index is 0.000000261. The second kappa shape index (κ2) is 8.61. The zero-order valence-corrected chi connectivity index (χ0v) is 12.6. The van der Waals surface area contributed by atoms with E-state index in [0.717, 1.165) is 6.42 Å². The molecule has 2 N–H and O–H groups in total. The molecule has 0 amide bonds. The van der Waals surface area contributed by atoms with Gasteiger partial charge in [0.2, 0.25) is 0 Å². The molecule has 6 nitrogen and oxygen atoms in total. The van der Waals surface area contributed by atoms with Gasteiger partial charge in [0.05, 0.1) is 12.4 Å². The van der Waals surface area contributed by atoms with Gasteiger partial charge in [0.1, 0.15) is 0 Å². The van der Waals surface area contributed by atoms with Gasteiger partial charge in [0, 0.05) is 26.2 Å². The number of carbonyl (C=O) groups is 2. The van der Waals surface area contributed by atoms with Gasteiger partial charge >= 0.3 is 11.9 Å². The third-order valence-corrected chi connectivity index (χ3v) is 2.95. The van der Waals surface area contributed by atoms with Gasteiger partial charge in [0.15, 0.2) is 0 Å². The van der Waals surface area contributed by atoms with E-state index in [2.05, 4.69) is 29.3 Å². The Bertz CT molecular complexity index is 563. The summed E-state index contributed by atoms with van der Waals surface area (Å²) in [6.07, 6.45) is 5.35. The number of benzene rings is 1. The van der Waals surface area contributed by atoms with Crippen molar-refractivity contribution in [1.29, 1.82) is 0 Å². The Kier molecular flexibility index (Phi) is 6.82. The second-order valence-corrected chi connectivity index (χ2v) is 4.99. The highest BCUT2D eigenvalue weighted by molar-refractivity contribution is 5.89. The standard InChI is InChI=1S/C12H16N2.C4H4O4/c1-14(2)9-13-12-8-7-10-5-3-4-6-11(10)12;5-3(6)1-2-4(7)8/h3-6,9,12H,7-8H2,1-2H3;1-2H,(H,5,6)(H,7,8)/b;2-1+. The zero-order chi connectivity index (χ0) is 16.5. The Morgan fingerprint density at radius 3 is 2.32 bits per heavy atom. The fourth-order valence-corrected chi connectivity index (χ4v) is 2.05. The molecule has 0 radical (unpaired) electrons. The van der Waals surface area contributed by atoms with E-state index in [1.807, 2.05) is 25.3 Å². The van der Waals surface area contributed by atoms with Gasteiger partial charge < -0.3 is 15.1 Å². The van der Waals surface area contributed by atoms with Crippen molar-refractivity contribution in [3.63, 3.8) is 0 Å².